The topological polar surface area (TPSA) is 50.8 Å². The molecular formula is C23H30N2O3. The summed E-state index contributed by atoms with van der Waals surface area (Å²) >= 11 is 0. The second-order valence-electron chi connectivity index (χ2n) is 7.58. The summed E-state index contributed by atoms with van der Waals surface area (Å²) in [6.45, 7) is 6.54. The van der Waals surface area contributed by atoms with Crippen LogP contribution in [0.3, 0.4) is 0 Å². The zero-order chi connectivity index (χ0) is 20.1. The van der Waals surface area contributed by atoms with Crippen molar-refractivity contribution in [2.24, 2.45) is 5.92 Å². The summed E-state index contributed by atoms with van der Waals surface area (Å²) in [5.41, 5.74) is 2.85. The SMILES string of the molecule is COc1cc(OC)cc(C(=O)NC(C)c2ccc(N3CCCC(C)C3)cc2)c1. The second-order valence-corrected chi connectivity index (χ2v) is 7.58. The van der Waals surface area contributed by atoms with Crippen LogP contribution in [0.15, 0.2) is 42.5 Å². The molecule has 2 aromatic rings. The molecule has 5 heteroatoms. The number of methoxy groups -OCH3 is 2. The summed E-state index contributed by atoms with van der Waals surface area (Å²) < 4.78 is 10.5. The maximum absolute atomic E-state index is 12.7. The van der Waals surface area contributed by atoms with Gasteiger partial charge in [-0.15, -0.1) is 0 Å². The van der Waals surface area contributed by atoms with Crippen LogP contribution in [0.2, 0.25) is 0 Å². The van der Waals surface area contributed by atoms with Crippen molar-refractivity contribution >= 4 is 11.6 Å². The number of hydrogen-bond acceptors (Lipinski definition) is 4. The van der Waals surface area contributed by atoms with Crippen LogP contribution in [0.25, 0.3) is 0 Å². The van der Waals surface area contributed by atoms with Crippen LogP contribution >= 0.6 is 0 Å². The van der Waals surface area contributed by atoms with Gasteiger partial charge in [0, 0.05) is 30.4 Å². The summed E-state index contributed by atoms with van der Waals surface area (Å²) in [5, 5.41) is 3.06. The lowest BCUT2D eigenvalue weighted by Crippen LogP contribution is -2.34. The molecule has 1 fully saturated rings. The molecule has 0 spiro atoms. The largest absolute Gasteiger partial charge is 0.497 e. The maximum Gasteiger partial charge on any atom is 0.252 e. The van der Waals surface area contributed by atoms with Crippen LogP contribution in [-0.2, 0) is 0 Å². The first-order valence-corrected chi connectivity index (χ1v) is 9.89. The molecule has 0 radical (unpaired) electrons. The van der Waals surface area contributed by atoms with Gasteiger partial charge in [0.1, 0.15) is 11.5 Å². The number of benzene rings is 2. The third-order valence-corrected chi connectivity index (χ3v) is 5.38. The molecule has 1 N–H and O–H groups in total. The van der Waals surface area contributed by atoms with Gasteiger partial charge in [0.15, 0.2) is 0 Å². The van der Waals surface area contributed by atoms with Crippen molar-refractivity contribution in [3.63, 3.8) is 0 Å². The van der Waals surface area contributed by atoms with Gasteiger partial charge in [-0.05, 0) is 55.5 Å². The molecule has 28 heavy (non-hydrogen) atoms. The normalized spacial score (nSPS) is 17.7. The fourth-order valence-electron chi connectivity index (χ4n) is 3.70. The van der Waals surface area contributed by atoms with Crippen molar-refractivity contribution in [1.82, 2.24) is 5.32 Å². The molecule has 0 aromatic heterocycles. The molecule has 3 rings (SSSR count). The van der Waals surface area contributed by atoms with Gasteiger partial charge in [-0.1, -0.05) is 19.1 Å². The fraction of sp³-hybridized carbons (Fsp3) is 0.435. The monoisotopic (exact) mass is 382 g/mol. The number of nitrogens with zero attached hydrogens (tertiary/aromatic N) is 1. The average molecular weight is 383 g/mol. The van der Waals surface area contributed by atoms with Crippen LogP contribution < -0.4 is 19.7 Å². The molecule has 1 heterocycles. The summed E-state index contributed by atoms with van der Waals surface area (Å²) in [6, 6.07) is 13.6. The second kappa shape index (κ2) is 9.00. The van der Waals surface area contributed by atoms with Gasteiger partial charge in [0.25, 0.3) is 5.91 Å². The fourth-order valence-corrected chi connectivity index (χ4v) is 3.70. The molecule has 2 aromatic carbocycles. The minimum atomic E-state index is -0.154. The molecule has 0 aliphatic carbocycles. The van der Waals surface area contributed by atoms with E-state index in [0.717, 1.165) is 24.6 Å². The molecule has 1 amide bonds. The molecule has 1 aliphatic rings. The summed E-state index contributed by atoms with van der Waals surface area (Å²) in [7, 11) is 3.15. The maximum atomic E-state index is 12.7. The molecule has 150 valence electrons. The summed E-state index contributed by atoms with van der Waals surface area (Å²) in [4.78, 5) is 15.1. The highest BCUT2D eigenvalue weighted by Crippen LogP contribution is 2.26. The molecular weight excluding hydrogens is 352 g/mol. The van der Waals surface area contributed by atoms with E-state index in [1.807, 2.05) is 6.92 Å². The first-order valence-electron chi connectivity index (χ1n) is 9.89. The van der Waals surface area contributed by atoms with Gasteiger partial charge < -0.3 is 19.7 Å². The van der Waals surface area contributed by atoms with E-state index in [4.69, 9.17) is 9.47 Å². The number of piperidine rings is 1. The predicted octanol–water partition coefficient (Wildman–Crippen LogP) is 4.43. The average Bonchev–Trinajstić information content (AvgIpc) is 2.73. The first kappa shape index (κ1) is 20.1. The van der Waals surface area contributed by atoms with Crippen LogP contribution in [0.5, 0.6) is 11.5 Å². The number of nitrogens with one attached hydrogen (secondary N) is 1. The van der Waals surface area contributed by atoms with Crippen LogP contribution in [0.1, 0.15) is 48.7 Å². The third kappa shape index (κ3) is 4.77. The Balaban J connectivity index is 1.67. The highest BCUT2D eigenvalue weighted by Gasteiger charge is 2.18. The Labute approximate surface area is 167 Å². The smallest absolute Gasteiger partial charge is 0.252 e. The Kier molecular flexibility index (Phi) is 6.45. The first-order chi connectivity index (χ1) is 13.5. The van der Waals surface area contributed by atoms with Crippen LogP contribution in [0, 0.1) is 5.92 Å². The van der Waals surface area contributed by atoms with Gasteiger partial charge in [0.05, 0.1) is 20.3 Å². The highest BCUT2D eigenvalue weighted by molar-refractivity contribution is 5.95. The van der Waals surface area contributed by atoms with Crippen LogP contribution in [-0.4, -0.2) is 33.2 Å². The van der Waals surface area contributed by atoms with Gasteiger partial charge >= 0.3 is 0 Å². The quantitative estimate of drug-likeness (QED) is 0.803. The third-order valence-electron chi connectivity index (χ3n) is 5.38. The number of anilines is 1. The van der Waals surface area contributed by atoms with Gasteiger partial charge in [-0.2, -0.15) is 0 Å². The van der Waals surface area contributed by atoms with E-state index in [-0.39, 0.29) is 11.9 Å². The van der Waals surface area contributed by atoms with E-state index >= 15 is 0 Å². The minimum absolute atomic E-state index is 0.0981. The van der Waals surface area contributed by atoms with E-state index in [1.165, 1.54) is 18.5 Å². The molecule has 1 saturated heterocycles. The Morgan fingerprint density at radius 1 is 1.11 bits per heavy atom. The minimum Gasteiger partial charge on any atom is -0.497 e. The van der Waals surface area contributed by atoms with E-state index in [0.29, 0.717) is 17.1 Å². The zero-order valence-electron chi connectivity index (χ0n) is 17.2. The molecule has 5 nitrogen and oxygen atoms in total. The van der Waals surface area contributed by atoms with E-state index < -0.39 is 0 Å². The van der Waals surface area contributed by atoms with Gasteiger partial charge in [-0.25, -0.2) is 0 Å². The van der Waals surface area contributed by atoms with Crippen molar-refractivity contribution in [1.29, 1.82) is 0 Å². The van der Waals surface area contributed by atoms with E-state index in [2.05, 4.69) is 41.4 Å². The Morgan fingerprint density at radius 3 is 2.32 bits per heavy atom. The summed E-state index contributed by atoms with van der Waals surface area (Å²) in [6.07, 6.45) is 2.56. The number of carbonyl (C=O) groups is 1. The number of ether oxygens (including phenoxy) is 2. The lowest BCUT2D eigenvalue weighted by molar-refractivity contribution is 0.0939. The van der Waals surface area contributed by atoms with Crippen molar-refractivity contribution < 1.29 is 14.3 Å². The molecule has 0 bridgehead atoms. The summed E-state index contributed by atoms with van der Waals surface area (Å²) in [5.74, 6) is 1.78. The van der Waals surface area contributed by atoms with Crippen molar-refractivity contribution in [3.05, 3.63) is 53.6 Å². The Morgan fingerprint density at radius 2 is 1.75 bits per heavy atom. The van der Waals surface area contributed by atoms with E-state index in [1.54, 1.807) is 32.4 Å². The highest BCUT2D eigenvalue weighted by atomic mass is 16.5. The van der Waals surface area contributed by atoms with Crippen molar-refractivity contribution in [3.8, 4) is 11.5 Å². The number of hydrogen-bond donors (Lipinski definition) is 1. The standard InChI is InChI=1S/C23H30N2O3/c1-16-6-5-11-25(15-16)20-9-7-18(8-10-20)17(2)24-23(26)19-12-21(27-3)14-22(13-19)28-4/h7-10,12-14,16-17H,5-6,11,15H2,1-4H3,(H,24,26). The van der Waals surface area contributed by atoms with E-state index in [9.17, 15) is 4.79 Å². The lowest BCUT2D eigenvalue weighted by atomic mass is 9.99. The number of carbonyl (C=O) groups excluding carboxylic acids is 1. The van der Waals surface area contributed by atoms with Crippen molar-refractivity contribution in [2.45, 2.75) is 32.7 Å². The lowest BCUT2D eigenvalue weighted by Gasteiger charge is -2.33. The Hall–Kier alpha value is -2.69. The van der Waals surface area contributed by atoms with Gasteiger partial charge in [-0.3, -0.25) is 4.79 Å². The zero-order valence-corrected chi connectivity index (χ0v) is 17.2. The van der Waals surface area contributed by atoms with Crippen LogP contribution in [0.4, 0.5) is 5.69 Å². The van der Waals surface area contributed by atoms with Gasteiger partial charge in [0.2, 0.25) is 0 Å². The Bertz CT molecular complexity index is 782. The molecule has 0 saturated carbocycles. The molecule has 2 unspecified atom stereocenters. The number of amides is 1. The predicted molar refractivity (Wildman–Crippen MR) is 112 cm³/mol. The number of rotatable bonds is 6. The molecule has 1 aliphatic heterocycles. The molecule has 2 atom stereocenters. The van der Waals surface area contributed by atoms with Crippen molar-refractivity contribution in [2.75, 3.05) is 32.2 Å².